The van der Waals surface area contributed by atoms with Gasteiger partial charge in [0.25, 0.3) is 0 Å². The fourth-order valence-electron chi connectivity index (χ4n) is 2.68. The third kappa shape index (κ3) is 3.09. The van der Waals surface area contributed by atoms with Gasteiger partial charge >= 0.3 is 0 Å². The first-order valence-electron chi connectivity index (χ1n) is 6.91. The van der Waals surface area contributed by atoms with E-state index in [1.807, 2.05) is 0 Å². The van der Waals surface area contributed by atoms with Crippen molar-refractivity contribution in [2.45, 2.75) is 52.1 Å². The molecule has 1 aliphatic rings. The normalized spacial score (nSPS) is 25.5. The number of aliphatic hydroxyl groups excluding tert-OH is 1. The monoisotopic (exact) mass is 253 g/mol. The van der Waals surface area contributed by atoms with Gasteiger partial charge in [-0.05, 0) is 31.7 Å². The van der Waals surface area contributed by atoms with Crippen LogP contribution in [0.3, 0.4) is 0 Å². The Balaban J connectivity index is 1.97. The van der Waals surface area contributed by atoms with Gasteiger partial charge in [0.2, 0.25) is 5.89 Å². The maximum atomic E-state index is 9.49. The van der Waals surface area contributed by atoms with Crippen molar-refractivity contribution in [1.29, 1.82) is 0 Å². The second-order valence-electron chi connectivity index (χ2n) is 5.19. The second kappa shape index (κ2) is 6.29. The highest BCUT2D eigenvalue weighted by molar-refractivity contribution is 4.89. The number of piperidine rings is 1. The van der Waals surface area contributed by atoms with E-state index >= 15 is 0 Å². The van der Waals surface area contributed by atoms with E-state index in [-0.39, 0.29) is 12.6 Å². The number of aromatic nitrogens is 2. The molecule has 1 fully saturated rings. The fourth-order valence-corrected chi connectivity index (χ4v) is 2.68. The predicted octanol–water partition coefficient (Wildman–Crippen LogP) is 1.61. The third-order valence-electron chi connectivity index (χ3n) is 3.74. The number of nitrogens with zero attached hydrogens (tertiary/aromatic N) is 3. The minimum atomic E-state index is 0.205. The lowest BCUT2D eigenvalue weighted by Gasteiger charge is -2.38. The Morgan fingerprint density at radius 1 is 1.50 bits per heavy atom. The van der Waals surface area contributed by atoms with Gasteiger partial charge in [0.15, 0.2) is 5.82 Å². The molecule has 0 aromatic carbocycles. The molecule has 1 aliphatic heterocycles. The van der Waals surface area contributed by atoms with E-state index in [1.165, 1.54) is 12.8 Å². The van der Waals surface area contributed by atoms with Crippen LogP contribution in [0.25, 0.3) is 0 Å². The van der Waals surface area contributed by atoms with Crippen LogP contribution < -0.4 is 0 Å². The predicted molar refractivity (Wildman–Crippen MR) is 68.0 cm³/mol. The van der Waals surface area contributed by atoms with Crippen molar-refractivity contribution in [3.63, 3.8) is 0 Å². The highest BCUT2D eigenvalue weighted by Crippen LogP contribution is 2.24. The molecule has 102 valence electrons. The molecule has 2 rings (SSSR count). The summed E-state index contributed by atoms with van der Waals surface area (Å²) in [4.78, 5) is 6.65. The molecule has 1 aromatic rings. The second-order valence-corrected chi connectivity index (χ2v) is 5.19. The lowest BCUT2D eigenvalue weighted by molar-refractivity contribution is 0.0400. The molecule has 5 nitrogen and oxygen atoms in total. The summed E-state index contributed by atoms with van der Waals surface area (Å²) in [6, 6.07) is 0.222. The number of hydrogen-bond acceptors (Lipinski definition) is 5. The zero-order valence-corrected chi connectivity index (χ0v) is 11.3. The molecule has 1 saturated heterocycles. The van der Waals surface area contributed by atoms with Crippen LogP contribution >= 0.6 is 0 Å². The summed E-state index contributed by atoms with van der Waals surface area (Å²) in [5.74, 6) is 1.99. The maximum absolute atomic E-state index is 9.49. The molecular weight excluding hydrogens is 230 g/mol. The van der Waals surface area contributed by atoms with E-state index in [2.05, 4.69) is 28.9 Å². The Hall–Kier alpha value is -0.940. The van der Waals surface area contributed by atoms with E-state index in [9.17, 15) is 5.11 Å². The molecule has 0 aliphatic carbocycles. The van der Waals surface area contributed by atoms with Crippen molar-refractivity contribution in [3.05, 3.63) is 11.7 Å². The van der Waals surface area contributed by atoms with Crippen molar-refractivity contribution >= 4 is 0 Å². The van der Waals surface area contributed by atoms with E-state index in [0.717, 1.165) is 25.2 Å². The van der Waals surface area contributed by atoms with E-state index in [0.29, 0.717) is 18.4 Å². The van der Waals surface area contributed by atoms with Crippen LogP contribution in [0.5, 0.6) is 0 Å². The lowest BCUT2D eigenvalue weighted by atomic mass is 9.91. The average Bonchev–Trinajstić information content (AvgIpc) is 2.77. The fraction of sp³-hybridized carbons (Fsp3) is 0.846. The molecule has 0 amide bonds. The van der Waals surface area contributed by atoms with Crippen molar-refractivity contribution in [3.8, 4) is 0 Å². The van der Waals surface area contributed by atoms with Crippen LogP contribution in [0.15, 0.2) is 4.52 Å². The van der Waals surface area contributed by atoms with Gasteiger partial charge in [-0.15, -0.1) is 0 Å². The number of aliphatic hydroxyl groups is 1. The molecule has 2 heterocycles. The average molecular weight is 253 g/mol. The highest BCUT2D eigenvalue weighted by Gasteiger charge is 2.28. The number of hydrogen-bond donors (Lipinski definition) is 1. The first-order chi connectivity index (χ1) is 8.74. The molecule has 1 N–H and O–H groups in total. The Labute approximate surface area is 108 Å². The smallest absolute Gasteiger partial charge is 0.240 e. The Morgan fingerprint density at radius 3 is 3.06 bits per heavy atom. The van der Waals surface area contributed by atoms with Gasteiger partial charge in [0.1, 0.15) is 0 Å². The molecule has 0 spiro atoms. The van der Waals surface area contributed by atoms with E-state index in [1.54, 1.807) is 0 Å². The molecule has 5 heteroatoms. The van der Waals surface area contributed by atoms with E-state index < -0.39 is 0 Å². The van der Waals surface area contributed by atoms with Crippen LogP contribution in [0.4, 0.5) is 0 Å². The zero-order chi connectivity index (χ0) is 13.0. The summed E-state index contributed by atoms with van der Waals surface area (Å²) in [5.41, 5.74) is 0. The van der Waals surface area contributed by atoms with Gasteiger partial charge in [0.05, 0.1) is 13.2 Å². The van der Waals surface area contributed by atoms with Crippen LogP contribution in [0.1, 0.15) is 44.8 Å². The number of likely N-dealkylation sites (tertiary alicyclic amines) is 1. The van der Waals surface area contributed by atoms with Crippen molar-refractivity contribution in [2.24, 2.45) is 5.92 Å². The topological polar surface area (TPSA) is 62.4 Å². The highest BCUT2D eigenvalue weighted by atomic mass is 16.5. The Bertz CT molecular complexity index is 367. The van der Waals surface area contributed by atoms with Crippen molar-refractivity contribution in [1.82, 2.24) is 15.0 Å². The lowest BCUT2D eigenvalue weighted by Crippen LogP contribution is -2.46. The van der Waals surface area contributed by atoms with Crippen LogP contribution in [0, 0.1) is 5.92 Å². The molecular formula is C13H23N3O2. The summed E-state index contributed by atoms with van der Waals surface area (Å²) in [6.07, 6.45) is 4.25. The van der Waals surface area contributed by atoms with Gasteiger partial charge in [-0.1, -0.05) is 19.0 Å². The summed E-state index contributed by atoms with van der Waals surface area (Å²) in [6.45, 7) is 6.16. The van der Waals surface area contributed by atoms with Gasteiger partial charge in [-0.3, -0.25) is 4.90 Å². The molecule has 2 atom stereocenters. The maximum Gasteiger partial charge on any atom is 0.240 e. The molecule has 2 unspecified atom stereocenters. The van der Waals surface area contributed by atoms with E-state index in [4.69, 9.17) is 4.52 Å². The van der Waals surface area contributed by atoms with Crippen molar-refractivity contribution < 1.29 is 9.63 Å². The summed E-state index contributed by atoms with van der Waals surface area (Å²) < 4.78 is 5.26. The third-order valence-corrected chi connectivity index (χ3v) is 3.74. The number of rotatable bonds is 5. The van der Waals surface area contributed by atoms with Crippen LogP contribution in [-0.4, -0.2) is 39.3 Å². The minimum absolute atomic E-state index is 0.205. The quantitative estimate of drug-likeness (QED) is 0.864. The largest absolute Gasteiger partial charge is 0.395 e. The standard InChI is InChI=1S/C13H23N3O2/c1-3-5-12-14-13(18-15-12)8-16-7-4-6-10(2)11(16)9-17/h10-11,17H,3-9H2,1-2H3. The summed E-state index contributed by atoms with van der Waals surface area (Å²) in [5, 5.41) is 13.5. The van der Waals surface area contributed by atoms with Gasteiger partial charge in [-0.25, -0.2) is 0 Å². The SMILES string of the molecule is CCCc1noc(CN2CCCC(C)C2CO)n1. The first kappa shape index (κ1) is 13.5. The molecule has 0 saturated carbocycles. The van der Waals surface area contributed by atoms with Gasteiger partial charge in [0, 0.05) is 12.5 Å². The molecule has 0 bridgehead atoms. The van der Waals surface area contributed by atoms with Crippen molar-refractivity contribution in [2.75, 3.05) is 13.2 Å². The summed E-state index contributed by atoms with van der Waals surface area (Å²) in [7, 11) is 0. The Kier molecular flexibility index (Phi) is 4.72. The number of aryl methyl sites for hydroxylation is 1. The molecule has 1 aromatic heterocycles. The van der Waals surface area contributed by atoms with Crippen LogP contribution in [0.2, 0.25) is 0 Å². The first-order valence-corrected chi connectivity index (χ1v) is 6.91. The zero-order valence-electron chi connectivity index (χ0n) is 11.3. The minimum Gasteiger partial charge on any atom is -0.395 e. The molecule has 18 heavy (non-hydrogen) atoms. The molecule has 0 radical (unpaired) electrons. The Morgan fingerprint density at radius 2 is 2.33 bits per heavy atom. The summed E-state index contributed by atoms with van der Waals surface area (Å²) >= 11 is 0. The van der Waals surface area contributed by atoms with Gasteiger partial charge < -0.3 is 9.63 Å². The van der Waals surface area contributed by atoms with Crippen LogP contribution in [-0.2, 0) is 13.0 Å². The van der Waals surface area contributed by atoms with Gasteiger partial charge in [-0.2, -0.15) is 4.98 Å².